The molecule has 1 aromatic carbocycles. The highest BCUT2D eigenvalue weighted by atomic mass is 35.5. The number of carbonyl (C=O) groups excluding carboxylic acids is 1. The van der Waals surface area contributed by atoms with Crippen LogP contribution in [0.25, 0.3) is 10.8 Å². The van der Waals surface area contributed by atoms with E-state index >= 15 is 0 Å². The minimum Gasteiger partial charge on any atom is -0.338 e. The fourth-order valence-corrected chi connectivity index (χ4v) is 3.54. The zero-order valence-electron chi connectivity index (χ0n) is 12.3. The summed E-state index contributed by atoms with van der Waals surface area (Å²) in [7, 11) is 0. The van der Waals surface area contributed by atoms with Crippen molar-refractivity contribution in [3.8, 4) is 0 Å². The molecule has 1 aliphatic rings. The van der Waals surface area contributed by atoms with Gasteiger partial charge in [-0.05, 0) is 23.6 Å². The second-order valence-electron chi connectivity index (χ2n) is 6.16. The SMILES string of the molecule is CC1CC(C)CN(C(=O)c2cnc(Cl)c3ccccc23)C1. The van der Waals surface area contributed by atoms with Gasteiger partial charge in [0.05, 0.1) is 5.56 Å². The molecule has 0 N–H and O–H groups in total. The molecule has 2 heterocycles. The number of fused-ring (bicyclic) bond motifs is 1. The van der Waals surface area contributed by atoms with E-state index < -0.39 is 0 Å². The summed E-state index contributed by atoms with van der Waals surface area (Å²) in [5.41, 5.74) is 0.649. The monoisotopic (exact) mass is 302 g/mol. The molecule has 0 radical (unpaired) electrons. The molecule has 1 fully saturated rings. The first-order valence-corrected chi connectivity index (χ1v) is 7.76. The van der Waals surface area contributed by atoms with Crippen molar-refractivity contribution in [1.29, 1.82) is 0 Å². The van der Waals surface area contributed by atoms with E-state index in [0.29, 0.717) is 22.6 Å². The van der Waals surface area contributed by atoms with Crippen LogP contribution in [-0.2, 0) is 0 Å². The summed E-state index contributed by atoms with van der Waals surface area (Å²) in [6.45, 7) is 6.04. The minimum absolute atomic E-state index is 0.0637. The van der Waals surface area contributed by atoms with Gasteiger partial charge >= 0.3 is 0 Å². The van der Waals surface area contributed by atoms with Gasteiger partial charge in [-0.2, -0.15) is 0 Å². The Morgan fingerprint density at radius 1 is 1.19 bits per heavy atom. The molecule has 3 rings (SSSR count). The van der Waals surface area contributed by atoms with Crippen LogP contribution in [0.5, 0.6) is 0 Å². The predicted molar refractivity (Wildman–Crippen MR) is 85.6 cm³/mol. The summed E-state index contributed by atoms with van der Waals surface area (Å²) in [5.74, 6) is 1.15. The normalized spacial score (nSPS) is 22.5. The van der Waals surface area contributed by atoms with Gasteiger partial charge in [0.1, 0.15) is 5.15 Å². The molecule has 2 unspecified atom stereocenters. The predicted octanol–water partition coefficient (Wildman–Crippen LogP) is 4.01. The molecule has 0 spiro atoms. The molecule has 1 amide bonds. The number of benzene rings is 1. The zero-order chi connectivity index (χ0) is 15.0. The third-order valence-electron chi connectivity index (χ3n) is 4.13. The molecule has 4 heteroatoms. The summed E-state index contributed by atoms with van der Waals surface area (Å²) in [5, 5.41) is 2.17. The van der Waals surface area contributed by atoms with Crippen LogP contribution >= 0.6 is 11.6 Å². The van der Waals surface area contributed by atoms with Crippen LogP contribution in [0.2, 0.25) is 5.15 Å². The van der Waals surface area contributed by atoms with E-state index in [4.69, 9.17) is 11.6 Å². The molecular weight excluding hydrogens is 284 g/mol. The second-order valence-corrected chi connectivity index (χ2v) is 6.52. The molecule has 0 aliphatic carbocycles. The number of piperidine rings is 1. The van der Waals surface area contributed by atoms with Crippen molar-refractivity contribution in [2.24, 2.45) is 11.8 Å². The molecule has 1 saturated heterocycles. The molecule has 3 nitrogen and oxygen atoms in total. The Balaban J connectivity index is 2.00. The number of amides is 1. The van der Waals surface area contributed by atoms with E-state index in [1.165, 1.54) is 6.42 Å². The number of carbonyl (C=O) groups is 1. The van der Waals surface area contributed by atoms with Gasteiger partial charge in [0.15, 0.2) is 0 Å². The average molecular weight is 303 g/mol. The summed E-state index contributed by atoms with van der Waals surface area (Å²) in [6.07, 6.45) is 2.79. The van der Waals surface area contributed by atoms with E-state index in [1.54, 1.807) is 6.20 Å². The second kappa shape index (κ2) is 5.64. The van der Waals surface area contributed by atoms with Gasteiger partial charge in [0.25, 0.3) is 5.91 Å². The molecule has 0 saturated carbocycles. The maximum absolute atomic E-state index is 12.9. The van der Waals surface area contributed by atoms with Gasteiger partial charge in [-0.15, -0.1) is 0 Å². The van der Waals surface area contributed by atoms with Crippen molar-refractivity contribution in [3.63, 3.8) is 0 Å². The molecule has 1 aliphatic heterocycles. The minimum atomic E-state index is 0.0637. The summed E-state index contributed by atoms with van der Waals surface area (Å²) in [4.78, 5) is 19.0. The van der Waals surface area contributed by atoms with Gasteiger partial charge in [-0.3, -0.25) is 4.79 Å². The number of halogens is 1. The topological polar surface area (TPSA) is 33.2 Å². The van der Waals surface area contributed by atoms with Gasteiger partial charge in [0, 0.05) is 24.7 Å². The highest BCUT2D eigenvalue weighted by Crippen LogP contribution is 2.27. The molecule has 1 aromatic heterocycles. The number of likely N-dealkylation sites (tertiary alicyclic amines) is 1. The fraction of sp³-hybridized carbons (Fsp3) is 0.412. The maximum atomic E-state index is 12.9. The van der Waals surface area contributed by atoms with Crippen LogP contribution in [0.15, 0.2) is 30.5 Å². The van der Waals surface area contributed by atoms with E-state index in [9.17, 15) is 4.79 Å². The van der Waals surface area contributed by atoms with Crippen molar-refractivity contribution in [3.05, 3.63) is 41.2 Å². The summed E-state index contributed by atoms with van der Waals surface area (Å²) in [6, 6.07) is 7.68. The molecule has 2 aromatic rings. The van der Waals surface area contributed by atoms with E-state index in [1.807, 2.05) is 29.2 Å². The molecule has 0 bridgehead atoms. The number of pyridine rings is 1. The Hall–Kier alpha value is -1.61. The molecule has 21 heavy (non-hydrogen) atoms. The van der Waals surface area contributed by atoms with Gasteiger partial charge in [0.2, 0.25) is 0 Å². The van der Waals surface area contributed by atoms with Crippen molar-refractivity contribution in [1.82, 2.24) is 9.88 Å². The summed E-state index contributed by atoms with van der Waals surface area (Å²) >= 11 is 6.13. The van der Waals surface area contributed by atoms with Crippen LogP contribution in [0, 0.1) is 11.8 Å². The van der Waals surface area contributed by atoms with Crippen LogP contribution in [0.3, 0.4) is 0 Å². The van der Waals surface area contributed by atoms with E-state index in [2.05, 4.69) is 18.8 Å². The molecule has 110 valence electrons. The molecular formula is C17H19ClN2O. The standard InChI is InChI=1S/C17H19ClN2O/c1-11-7-12(2)10-20(9-11)17(21)15-8-19-16(18)14-6-4-3-5-13(14)15/h3-6,8,11-12H,7,9-10H2,1-2H3. The Kier molecular flexibility index (Phi) is 3.85. The highest BCUT2D eigenvalue weighted by Gasteiger charge is 2.27. The van der Waals surface area contributed by atoms with Crippen molar-refractivity contribution in [2.75, 3.05) is 13.1 Å². The third kappa shape index (κ3) is 2.75. The first-order chi connectivity index (χ1) is 10.1. The largest absolute Gasteiger partial charge is 0.338 e. The summed E-state index contributed by atoms with van der Waals surface area (Å²) < 4.78 is 0. The molecule has 2 atom stereocenters. The fourth-order valence-electron chi connectivity index (χ4n) is 3.33. The highest BCUT2D eigenvalue weighted by molar-refractivity contribution is 6.34. The number of hydrogen-bond acceptors (Lipinski definition) is 2. The first-order valence-electron chi connectivity index (χ1n) is 7.38. The van der Waals surface area contributed by atoms with Gasteiger partial charge in [-0.1, -0.05) is 49.7 Å². The van der Waals surface area contributed by atoms with Crippen molar-refractivity contribution < 1.29 is 4.79 Å². The van der Waals surface area contributed by atoms with E-state index in [0.717, 1.165) is 23.9 Å². The van der Waals surface area contributed by atoms with Crippen molar-refractivity contribution >= 4 is 28.3 Å². The lowest BCUT2D eigenvalue weighted by molar-refractivity contribution is 0.0625. The quantitative estimate of drug-likeness (QED) is 0.746. The number of aromatic nitrogens is 1. The Morgan fingerprint density at radius 2 is 1.81 bits per heavy atom. The Morgan fingerprint density at radius 3 is 2.48 bits per heavy atom. The lowest BCUT2D eigenvalue weighted by Gasteiger charge is -2.35. The lowest BCUT2D eigenvalue weighted by Crippen LogP contribution is -2.42. The average Bonchev–Trinajstić information content (AvgIpc) is 2.46. The Labute approximate surface area is 129 Å². The first kappa shape index (κ1) is 14.3. The smallest absolute Gasteiger partial charge is 0.256 e. The van der Waals surface area contributed by atoms with Gasteiger partial charge in [-0.25, -0.2) is 4.98 Å². The van der Waals surface area contributed by atoms with Crippen LogP contribution in [0.1, 0.15) is 30.6 Å². The van der Waals surface area contributed by atoms with E-state index in [-0.39, 0.29) is 5.91 Å². The number of nitrogens with zero attached hydrogens (tertiary/aromatic N) is 2. The lowest BCUT2D eigenvalue weighted by atomic mass is 9.91. The van der Waals surface area contributed by atoms with Crippen LogP contribution < -0.4 is 0 Å². The van der Waals surface area contributed by atoms with Crippen LogP contribution in [-0.4, -0.2) is 28.9 Å². The Bertz CT molecular complexity index is 676. The zero-order valence-corrected chi connectivity index (χ0v) is 13.1. The third-order valence-corrected chi connectivity index (χ3v) is 4.43. The van der Waals surface area contributed by atoms with Crippen LogP contribution in [0.4, 0.5) is 0 Å². The maximum Gasteiger partial charge on any atom is 0.256 e. The van der Waals surface area contributed by atoms with Crippen molar-refractivity contribution in [2.45, 2.75) is 20.3 Å². The number of hydrogen-bond donors (Lipinski definition) is 0. The van der Waals surface area contributed by atoms with Gasteiger partial charge < -0.3 is 4.90 Å². The number of rotatable bonds is 1.